The van der Waals surface area contributed by atoms with Gasteiger partial charge in [-0.3, -0.25) is 5.10 Å². The van der Waals surface area contributed by atoms with Crippen LogP contribution < -0.4 is 4.74 Å². The van der Waals surface area contributed by atoms with Gasteiger partial charge in [-0.15, -0.1) is 0 Å². The predicted molar refractivity (Wildman–Crippen MR) is 97.1 cm³/mol. The average Bonchev–Trinajstić information content (AvgIpc) is 3.30. The number of aromatic amines is 1. The zero-order valence-corrected chi connectivity index (χ0v) is 15.1. The number of benzene rings is 1. The number of ether oxygens (including phenoxy) is 1. The van der Waals surface area contributed by atoms with Crippen LogP contribution in [0.3, 0.4) is 0 Å². The van der Waals surface area contributed by atoms with Crippen molar-refractivity contribution < 1.29 is 9.26 Å². The number of fused-ring (bicyclic) bond motifs is 1. The largest absolute Gasteiger partial charge is 0.492 e. The molecule has 7 nitrogen and oxygen atoms in total. The van der Waals surface area contributed by atoms with Crippen molar-refractivity contribution in [1.29, 1.82) is 0 Å². The fourth-order valence-corrected chi connectivity index (χ4v) is 3.22. The summed E-state index contributed by atoms with van der Waals surface area (Å²) in [4.78, 5) is 6.73. The quantitative estimate of drug-likeness (QED) is 0.734. The highest BCUT2D eigenvalue weighted by molar-refractivity contribution is 5.56. The second-order valence-electron chi connectivity index (χ2n) is 6.95. The lowest BCUT2D eigenvalue weighted by Crippen LogP contribution is -2.19. The van der Waals surface area contributed by atoms with E-state index in [4.69, 9.17) is 9.26 Å². The molecule has 2 aromatic heterocycles. The van der Waals surface area contributed by atoms with Gasteiger partial charge in [-0.25, -0.2) is 0 Å². The van der Waals surface area contributed by atoms with E-state index in [1.54, 1.807) is 0 Å². The van der Waals surface area contributed by atoms with Crippen molar-refractivity contribution >= 4 is 0 Å². The van der Waals surface area contributed by atoms with Crippen LogP contribution in [0.5, 0.6) is 5.75 Å². The van der Waals surface area contributed by atoms with Crippen molar-refractivity contribution in [3.05, 3.63) is 47.6 Å². The van der Waals surface area contributed by atoms with Gasteiger partial charge in [0.25, 0.3) is 0 Å². The van der Waals surface area contributed by atoms with Crippen LogP contribution in [-0.2, 0) is 12.8 Å². The Morgan fingerprint density at radius 3 is 3.15 bits per heavy atom. The lowest BCUT2D eigenvalue weighted by molar-refractivity contribution is 0.261. The Balaban J connectivity index is 1.46. The van der Waals surface area contributed by atoms with E-state index >= 15 is 0 Å². The van der Waals surface area contributed by atoms with Gasteiger partial charge < -0.3 is 14.2 Å². The Morgan fingerprint density at radius 2 is 2.27 bits per heavy atom. The molecule has 1 aliphatic carbocycles. The van der Waals surface area contributed by atoms with Crippen LogP contribution in [0.4, 0.5) is 0 Å². The second kappa shape index (κ2) is 7.29. The van der Waals surface area contributed by atoms with Gasteiger partial charge in [0.2, 0.25) is 11.7 Å². The molecule has 7 heteroatoms. The summed E-state index contributed by atoms with van der Waals surface area (Å²) < 4.78 is 11.4. The van der Waals surface area contributed by atoms with Crippen LogP contribution in [0.15, 0.2) is 35.0 Å². The predicted octanol–water partition coefficient (Wildman–Crippen LogP) is 2.67. The van der Waals surface area contributed by atoms with Crippen molar-refractivity contribution in [1.82, 2.24) is 25.2 Å². The number of aromatic nitrogens is 4. The first-order chi connectivity index (χ1) is 12.7. The third kappa shape index (κ3) is 3.62. The minimum Gasteiger partial charge on any atom is -0.492 e. The van der Waals surface area contributed by atoms with Crippen LogP contribution in [0, 0.1) is 0 Å². The van der Waals surface area contributed by atoms with E-state index in [9.17, 15) is 0 Å². The molecule has 0 radical (unpaired) electrons. The number of nitrogens with zero attached hydrogens (tertiary/aromatic N) is 4. The molecule has 2 heterocycles. The Hall–Kier alpha value is -2.67. The summed E-state index contributed by atoms with van der Waals surface area (Å²) in [7, 11) is 4.05. The Bertz CT molecular complexity index is 870. The Morgan fingerprint density at radius 1 is 1.35 bits per heavy atom. The van der Waals surface area contributed by atoms with E-state index in [0.717, 1.165) is 37.1 Å². The molecule has 136 valence electrons. The van der Waals surface area contributed by atoms with E-state index in [1.165, 1.54) is 11.3 Å². The number of aryl methyl sites for hydroxylation is 1. The molecular weight excluding hydrogens is 330 g/mol. The molecule has 1 N–H and O–H groups in total. The summed E-state index contributed by atoms with van der Waals surface area (Å²) in [5.74, 6) is 2.37. The van der Waals surface area contributed by atoms with Crippen molar-refractivity contribution in [3.63, 3.8) is 0 Å². The summed E-state index contributed by atoms with van der Waals surface area (Å²) >= 11 is 0. The zero-order valence-electron chi connectivity index (χ0n) is 15.1. The molecule has 1 unspecified atom stereocenters. The van der Waals surface area contributed by atoms with Crippen molar-refractivity contribution in [2.24, 2.45) is 0 Å². The monoisotopic (exact) mass is 353 g/mol. The normalized spacial score (nSPS) is 16.7. The van der Waals surface area contributed by atoms with Gasteiger partial charge in [-0.1, -0.05) is 17.3 Å². The van der Waals surface area contributed by atoms with Gasteiger partial charge in [0.1, 0.15) is 12.4 Å². The molecule has 1 aromatic carbocycles. The maximum Gasteiger partial charge on any atom is 0.230 e. The fraction of sp³-hybridized carbons (Fsp3) is 0.421. The van der Waals surface area contributed by atoms with Gasteiger partial charge in [0.05, 0.1) is 6.20 Å². The zero-order chi connectivity index (χ0) is 17.9. The fourth-order valence-electron chi connectivity index (χ4n) is 3.22. The first-order valence-electron chi connectivity index (χ1n) is 8.92. The highest BCUT2D eigenvalue weighted by Gasteiger charge is 2.26. The van der Waals surface area contributed by atoms with Crippen molar-refractivity contribution in [2.75, 3.05) is 27.2 Å². The molecule has 0 spiro atoms. The number of hydrogen-bond donors (Lipinski definition) is 1. The Kier molecular flexibility index (Phi) is 4.71. The van der Waals surface area contributed by atoms with Crippen LogP contribution >= 0.6 is 0 Å². The van der Waals surface area contributed by atoms with Gasteiger partial charge in [0.15, 0.2) is 0 Å². The number of likely N-dealkylation sites (N-methyl/N-ethyl adjacent to an activating group) is 1. The van der Waals surface area contributed by atoms with Crippen LogP contribution in [0.2, 0.25) is 0 Å². The highest BCUT2D eigenvalue weighted by atomic mass is 16.5. The van der Waals surface area contributed by atoms with Crippen molar-refractivity contribution in [2.45, 2.75) is 25.2 Å². The van der Waals surface area contributed by atoms with E-state index in [1.807, 2.05) is 44.6 Å². The van der Waals surface area contributed by atoms with E-state index in [0.29, 0.717) is 18.3 Å². The SMILES string of the molecule is CN(C)CCOc1cccc(-c2noc(C3CCc4[nH]ncc4C3)n2)c1. The summed E-state index contributed by atoms with van der Waals surface area (Å²) in [6.07, 6.45) is 4.74. The van der Waals surface area contributed by atoms with E-state index in [2.05, 4.69) is 25.2 Å². The average molecular weight is 353 g/mol. The molecule has 26 heavy (non-hydrogen) atoms. The number of hydrogen-bond acceptors (Lipinski definition) is 6. The lowest BCUT2D eigenvalue weighted by atomic mass is 9.88. The second-order valence-corrected chi connectivity index (χ2v) is 6.95. The van der Waals surface area contributed by atoms with E-state index in [-0.39, 0.29) is 5.92 Å². The van der Waals surface area contributed by atoms with Crippen molar-refractivity contribution in [3.8, 4) is 17.1 Å². The molecule has 0 saturated heterocycles. The van der Waals surface area contributed by atoms with Gasteiger partial charge in [0, 0.05) is 23.7 Å². The first kappa shape index (κ1) is 16.8. The molecule has 0 fully saturated rings. The standard InChI is InChI=1S/C19H23N5O2/c1-24(2)8-9-25-16-5-3-4-13(11-16)18-21-19(26-23-18)14-6-7-17-15(10-14)12-20-22-17/h3-5,11-12,14H,6-10H2,1-2H3,(H,20,22). The third-order valence-electron chi connectivity index (χ3n) is 4.71. The molecule has 4 rings (SSSR count). The first-order valence-corrected chi connectivity index (χ1v) is 8.92. The summed E-state index contributed by atoms with van der Waals surface area (Å²) in [6.45, 7) is 1.51. The molecule has 0 aliphatic heterocycles. The highest BCUT2D eigenvalue weighted by Crippen LogP contribution is 2.32. The molecule has 1 atom stereocenters. The summed E-state index contributed by atoms with van der Waals surface area (Å²) in [5, 5.41) is 11.4. The maximum absolute atomic E-state index is 5.79. The number of H-pyrrole nitrogens is 1. The molecule has 0 bridgehead atoms. The smallest absolute Gasteiger partial charge is 0.230 e. The lowest BCUT2D eigenvalue weighted by Gasteiger charge is -2.17. The summed E-state index contributed by atoms with van der Waals surface area (Å²) in [5.41, 5.74) is 3.38. The molecule has 0 amide bonds. The van der Waals surface area contributed by atoms with Gasteiger partial charge in [-0.05, 0) is 51.1 Å². The topological polar surface area (TPSA) is 80.1 Å². The van der Waals surface area contributed by atoms with Crippen LogP contribution in [0.1, 0.15) is 29.5 Å². The number of rotatable bonds is 6. The van der Waals surface area contributed by atoms with E-state index < -0.39 is 0 Å². The minimum absolute atomic E-state index is 0.251. The van der Waals surface area contributed by atoms with Crippen LogP contribution in [0.25, 0.3) is 11.4 Å². The third-order valence-corrected chi connectivity index (χ3v) is 4.71. The number of nitrogens with one attached hydrogen (secondary N) is 1. The van der Waals surface area contributed by atoms with Gasteiger partial charge >= 0.3 is 0 Å². The minimum atomic E-state index is 0.251. The Labute approximate surface area is 152 Å². The van der Waals surface area contributed by atoms with Gasteiger partial charge in [-0.2, -0.15) is 10.1 Å². The molecule has 0 saturated carbocycles. The maximum atomic E-state index is 5.79. The molecule has 3 aromatic rings. The molecular formula is C19H23N5O2. The van der Waals surface area contributed by atoms with Crippen LogP contribution in [-0.4, -0.2) is 52.5 Å². The summed E-state index contributed by atoms with van der Waals surface area (Å²) in [6, 6.07) is 7.83. The molecule has 1 aliphatic rings.